The maximum atomic E-state index is 12.6. The number of carbonyl (C=O) groups is 1. The predicted octanol–water partition coefficient (Wildman–Crippen LogP) is 3.65. The molecule has 6 nitrogen and oxygen atoms in total. The number of anilines is 2. The topological polar surface area (TPSA) is 101 Å². The van der Waals surface area contributed by atoms with Crippen molar-refractivity contribution >= 4 is 39.7 Å². The zero-order valence-electron chi connectivity index (χ0n) is 15.8. The van der Waals surface area contributed by atoms with Gasteiger partial charge in [-0.15, -0.1) is 12.4 Å². The number of sulfonamides is 1. The Bertz CT molecular complexity index is 930. The normalized spacial score (nSPS) is 15.8. The van der Waals surface area contributed by atoms with Gasteiger partial charge >= 0.3 is 0 Å². The van der Waals surface area contributed by atoms with Gasteiger partial charge in [-0.2, -0.15) is 0 Å². The van der Waals surface area contributed by atoms with E-state index in [1.807, 2.05) is 25.1 Å². The minimum Gasteiger partial charge on any atom is -0.399 e. The minimum absolute atomic E-state index is 0. The molecule has 1 amide bonds. The van der Waals surface area contributed by atoms with Crippen molar-refractivity contribution in [2.75, 3.05) is 16.2 Å². The molecule has 0 heterocycles. The van der Waals surface area contributed by atoms with E-state index in [1.54, 1.807) is 24.3 Å². The minimum atomic E-state index is -3.34. The van der Waals surface area contributed by atoms with Gasteiger partial charge in [0.1, 0.15) is 0 Å². The summed E-state index contributed by atoms with van der Waals surface area (Å²) in [6.45, 7) is 1.81. The monoisotopic (exact) mass is 423 g/mol. The summed E-state index contributed by atoms with van der Waals surface area (Å²) in [5.74, 6) is -0.103. The molecule has 8 heteroatoms. The molecule has 0 aliphatic heterocycles. The van der Waals surface area contributed by atoms with Gasteiger partial charge in [0, 0.05) is 16.9 Å². The van der Waals surface area contributed by atoms with E-state index in [0.717, 1.165) is 30.5 Å². The first-order valence-corrected chi connectivity index (χ1v) is 10.8. The lowest BCUT2D eigenvalue weighted by Crippen LogP contribution is -2.31. The fraction of sp³-hybridized carbons (Fsp3) is 0.350. The third kappa shape index (κ3) is 5.39. The van der Waals surface area contributed by atoms with Gasteiger partial charge in [-0.3, -0.25) is 9.52 Å². The predicted molar refractivity (Wildman–Crippen MR) is 115 cm³/mol. The van der Waals surface area contributed by atoms with Crippen molar-refractivity contribution in [2.45, 2.75) is 38.6 Å². The molecule has 2 aromatic rings. The van der Waals surface area contributed by atoms with E-state index < -0.39 is 10.0 Å². The van der Waals surface area contributed by atoms with Crippen molar-refractivity contribution in [3.05, 3.63) is 59.2 Å². The highest BCUT2D eigenvalue weighted by Gasteiger charge is 2.22. The molecule has 1 unspecified atom stereocenters. The Morgan fingerprint density at radius 3 is 2.57 bits per heavy atom. The summed E-state index contributed by atoms with van der Waals surface area (Å²) in [5, 5.41) is 3.08. The number of aryl methyl sites for hydroxylation is 1. The molecule has 0 fully saturated rings. The number of halogens is 1. The van der Waals surface area contributed by atoms with Crippen LogP contribution in [0.4, 0.5) is 11.4 Å². The number of nitrogens with two attached hydrogens (primary N) is 1. The Balaban J connectivity index is 0.00000280. The van der Waals surface area contributed by atoms with Gasteiger partial charge in [0.25, 0.3) is 5.91 Å². The number of rotatable bonds is 6. The van der Waals surface area contributed by atoms with Gasteiger partial charge in [-0.05, 0) is 73.2 Å². The van der Waals surface area contributed by atoms with Crippen LogP contribution in [0.3, 0.4) is 0 Å². The lowest BCUT2D eigenvalue weighted by Gasteiger charge is -2.26. The van der Waals surface area contributed by atoms with Crippen LogP contribution in [-0.4, -0.2) is 20.1 Å². The van der Waals surface area contributed by atoms with E-state index in [1.165, 1.54) is 5.56 Å². The number of hydrogen-bond acceptors (Lipinski definition) is 4. The fourth-order valence-corrected chi connectivity index (χ4v) is 4.55. The second kappa shape index (κ2) is 9.30. The highest BCUT2D eigenvalue weighted by molar-refractivity contribution is 7.92. The number of benzene rings is 2. The Hall–Kier alpha value is -2.25. The van der Waals surface area contributed by atoms with Gasteiger partial charge < -0.3 is 11.1 Å². The molecule has 0 saturated heterocycles. The molecule has 1 atom stereocenters. The molecule has 0 saturated carbocycles. The van der Waals surface area contributed by atoms with Crippen LogP contribution >= 0.6 is 12.4 Å². The van der Waals surface area contributed by atoms with Gasteiger partial charge in [-0.25, -0.2) is 8.42 Å². The second-order valence-electron chi connectivity index (χ2n) is 6.87. The first-order chi connectivity index (χ1) is 12.9. The molecular weight excluding hydrogens is 398 g/mol. The summed E-state index contributed by atoms with van der Waals surface area (Å²) in [6, 6.07) is 12.3. The summed E-state index contributed by atoms with van der Waals surface area (Å²) < 4.78 is 26.2. The molecule has 152 valence electrons. The summed E-state index contributed by atoms with van der Waals surface area (Å²) >= 11 is 0. The molecule has 3 rings (SSSR count). The molecular formula is C20H26ClN3O3S. The zero-order valence-corrected chi connectivity index (χ0v) is 17.4. The molecule has 1 aliphatic carbocycles. The van der Waals surface area contributed by atoms with E-state index in [2.05, 4.69) is 10.0 Å². The summed E-state index contributed by atoms with van der Waals surface area (Å²) in [6.07, 6.45) is 3.40. The molecule has 0 bridgehead atoms. The highest BCUT2D eigenvalue weighted by Crippen LogP contribution is 2.31. The number of nitrogen functional groups attached to an aromatic ring is 1. The second-order valence-corrected chi connectivity index (χ2v) is 8.72. The quantitative estimate of drug-likeness (QED) is 0.617. The van der Waals surface area contributed by atoms with E-state index in [0.29, 0.717) is 17.7 Å². The van der Waals surface area contributed by atoms with Crippen LogP contribution < -0.4 is 15.8 Å². The average Bonchev–Trinajstić information content (AvgIpc) is 2.61. The maximum absolute atomic E-state index is 12.6. The van der Waals surface area contributed by atoms with E-state index in [4.69, 9.17) is 5.73 Å². The third-order valence-corrected chi connectivity index (χ3v) is 6.17. The largest absolute Gasteiger partial charge is 0.399 e. The van der Waals surface area contributed by atoms with Crippen molar-refractivity contribution in [3.8, 4) is 0 Å². The van der Waals surface area contributed by atoms with Gasteiger partial charge in [0.05, 0.1) is 11.8 Å². The van der Waals surface area contributed by atoms with Crippen LogP contribution in [0, 0.1) is 0 Å². The van der Waals surface area contributed by atoms with Crippen molar-refractivity contribution in [1.29, 1.82) is 0 Å². The standard InChI is InChI=1S/C20H25N3O3S.ClH/c1-2-12-27(25,26)23-17-9-6-14(7-10-17)20(24)22-19-5-3-4-15-13-16(21)8-11-18(15)19;/h6-11,13,19,23H,2-5,12,21H2,1H3,(H,22,24);1H. The van der Waals surface area contributed by atoms with Gasteiger partial charge in [0.2, 0.25) is 10.0 Å². The molecule has 0 spiro atoms. The SMILES string of the molecule is CCCS(=O)(=O)Nc1ccc(C(=O)NC2CCCc3cc(N)ccc32)cc1.Cl. The zero-order chi connectivity index (χ0) is 19.4. The first kappa shape index (κ1) is 22.0. The maximum Gasteiger partial charge on any atom is 0.251 e. The van der Waals surface area contributed by atoms with E-state index in [9.17, 15) is 13.2 Å². The Morgan fingerprint density at radius 2 is 1.89 bits per heavy atom. The highest BCUT2D eigenvalue weighted by atomic mass is 35.5. The van der Waals surface area contributed by atoms with Crippen molar-refractivity contribution in [3.63, 3.8) is 0 Å². The fourth-order valence-electron chi connectivity index (χ4n) is 3.41. The molecule has 4 N–H and O–H groups in total. The molecule has 0 radical (unpaired) electrons. The van der Waals surface area contributed by atoms with Crippen molar-refractivity contribution in [1.82, 2.24) is 5.32 Å². The number of nitrogens with one attached hydrogen (secondary N) is 2. The van der Waals surface area contributed by atoms with E-state index in [-0.39, 0.29) is 30.1 Å². The lowest BCUT2D eigenvalue weighted by molar-refractivity contribution is 0.0933. The molecule has 2 aromatic carbocycles. The third-order valence-electron chi connectivity index (χ3n) is 4.68. The number of amides is 1. The summed E-state index contributed by atoms with van der Waals surface area (Å²) in [4.78, 5) is 12.6. The summed E-state index contributed by atoms with van der Waals surface area (Å²) in [7, 11) is -3.34. The number of fused-ring (bicyclic) bond motifs is 1. The molecule has 0 aromatic heterocycles. The van der Waals surface area contributed by atoms with Crippen molar-refractivity contribution in [2.24, 2.45) is 0 Å². The van der Waals surface area contributed by atoms with Gasteiger partial charge in [-0.1, -0.05) is 13.0 Å². The number of hydrogen-bond donors (Lipinski definition) is 3. The first-order valence-electron chi connectivity index (χ1n) is 9.17. The summed E-state index contributed by atoms with van der Waals surface area (Å²) in [5.41, 5.74) is 9.86. The van der Waals surface area contributed by atoms with Crippen LogP contribution in [0.2, 0.25) is 0 Å². The lowest BCUT2D eigenvalue weighted by atomic mass is 9.87. The Labute approximate surface area is 172 Å². The molecule has 1 aliphatic rings. The molecule has 28 heavy (non-hydrogen) atoms. The van der Waals surface area contributed by atoms with Crippen molar-refractivity contribution < 1.29 is 13.2 Å². The van der Waals surface area contributed by atoms with Gasteiger partial charge in [0.15, 0.2) is 0 Å². The average molecular weight is 424 g/mol. The van der Waals surface area contributed by atoms with E-state index >= 15 is 0 Å². The number of carbonyl (C=O) groups excluding carboxylic acids is 1. The van der Waals surface area contributed by atoms with Crippen LogP contribution in [-0.2, 0) is 16.4 Å². The van der Waals surface area contributed by atoms with Crippen LogP contribution in [0.25, 0.3) is 0 Å². The van der Waals surface area contributed by atoms with Crippen LogP contribution in [0.1, 0.15) is 53.7 Å². The Morgan fingerprint density at radius 1 is 1.18 bits per heavy atom. The van der Waals surface area contributed by atoms with Crippen LogP contribution in [0.5, 0.6) is 0 Å². The smallest absolute Gasteiger partial charge is 0.251 e. The Kier molecular flexibility index (Phi) is 7.32. The van der Waals surface area contributed by atoms with Crippen LogP contribution in [0.15, 0.2) is 42.5 Å².